The molecule has 2 aliphatic rings. The van der Waals surface area contributed by atoms with Gasteiger partial charge in [0.2, 0.25) is 0 Å². The van der Waals surface area contributed by atoms with E-state index in [0.29, 0.717) is 24.0 Å². The van der Waals surface area contributed by atoms with E-state index >= 15 is 0 Å². The minimum absolute atomic E-state index is 0.0530. The van der Waals surface area contributed by atoms with E-state index in [1.54, 1.807) is 6.08 Å². The molecular weight excluding hydrogens is 360 g/mol. The Labute approximate surface area is 172 Å². The number of hydrogen-bond acceptors (Lipinski definition) is 3. The Balaban J connectivity index is 2.01. The van der Waals surface area contributed by atoms with Crippen LogP contribution >= 0.6 is 0 Å². The number of phenols is 1. The highest BCUT2D eigenvalue weighted by molar-refractivity contribution is 6.27. The molecule has 0 radical (unpaired) electrons. The van der Waals surface area contributed by atoms with Crippen LogP contribution in [0.1, 0.15) is 79.4 Å². The highest BCUT2D eigenvalue weighted by atomic mass is 16.3. The van der Waals surface area contributed by atoms with E-state index in [-0.39, 0.29) is 17.3 Å². The SMILES string of the molecule is CCCCC(=O)C1(CCCC)C=Cc2ccc3cc(C)c(O)c4c3c2C1=CC4=O. The molecule has 29 heavy (non-hydrogen) atoms. The maximum absolute atomic E-state index is 13.5. The average molecular weight is 389 g/mol. The van der Waals surface area contributed by atoms with E-state index in [2.05, 4.69) is 19.9 Å². The Hall–Kier alpha value is -2.68. The lowest BCUT2D eigenvalue weighted by Crippen LogP contribution is -2.34. The number of carbonyl (C=O) groups excluding carboxylic acids is 2. The minimum Gasteiger partial charge on any atom is -0.507 e. The monoisotopic (exact) mass is 388 g/mol. The van der Waals surface area contributed by atoms with Gasteiger partial charge in [-0.25, -0.2) is 0 Å². The predicted octanol–water partition coefficient (Wildman–Crippen LogP) is 6.40. The van der Waals surface area contributed by atoms with E-state index in [1.165, 1.54) is 0 Å². The summed E-state index contributed by atoms with van der Waals surface area (Å²) in [7, 11) is 0. The van der Waals surface area contributed by atoms with Gasteiger partial charge >= 0.3 is 0 Å². The topological polar surface area (TPSA) is 54.4 Å². The summed E-state index contributed by atoms with van der Waals surface area (Å²) in [5.74, 6) is 0.0538. The van der Waals surface area contributed by atoms with Gasteiger partial charge in [0.05, 0.1) is 11.0 Å². The molecule has 1 atom stereocenters. The van der Waals surface area contributed by atoms with Gasteiger partial charge in [-0.05, 0) is 59.6 Å². The summed E-state index contributed by atoms with van der Waals surface area (Å²) >= 11 is 0. The van der Waals surface area contributed by atoms with Crippen molar-refractivity contribution in [2.24, 2.45) is 5.41 Å². The third kappa shape index (κ3) is 2.87. The molecule has 3 nitrogen and oxygen atoms in total. The third-order valence-corrected chi connectivity index (χ3v) is 6.50. The second kappa shape index (κ2) is 7.29. The quantitative estimate of drug-likeness (QED) is 0.597. The van der Waals surface area contributed by atoms with E-state index in [0.717, 1.165) is 53.2 Å². The van der Waals surface area contributed by atoms with Crippen LogP contribution in [-0.4, -0.2) is 16.7 Å². The van der Waals surface area contributed by atoms with Crippen molar-refractivity contribution in [2.45, 2.75) is 59.3 Å². The number of aromatic hydroxyl groups is 1. The van der Waals surface area contributed by atoms with Gasteiger partial charge in [-0.1, -0.05) is 57.4 Å². The van der Waals surface area contributed by atoms with Crippen LogP contribution in [0.4, 0.5) is 0 Å². The fourth-order valence-corrected chi connectivity index (χ4v) is 4.88. The first kappa shape index (κ1) is 19.6. The van der Waals surface area contributed by atoms with Crippen LogP contribution in [0.15, 0.2) is 30.4 Å². The molecule has 150 valence electrons. The van der Waals surface area contributed by atoms with E-state index in [1.807, 2.05) is 31.2 Å². The van der Waals surface area contributed by atoms with Gasteiger partial charge < -0.3 is 5.11 Å². The lowest BCUT2D eigenvalue weighted by atomic mass is 9.63. The van der Waals surface area contributed by atoms with Crippen molar-refractivity contribution < 1.29 is 14.7 Å². The number of unbranched alkanes of at least 4 members (excludes halogenated alkanes) is 2. The third-order valence-electron chi connectivity index (χ3n) is 6.50. The molecule has 0 bridgehead atoms. The molecule has 1 unspecified atom stereocenters. The summed E-state index contributed by atoms with van der Waals surface area (Å²) in [6.45, 7) is 6.03. The molecule has 0 aliphatic heterocycles. The molecule has 0 saturated heterocycles. The Morgan fingerprint density at radius 1 is 1.10 bits per heavy atom. The fourth-order valence-electron chi connectivity index (χ4n) is 4.88. The predicted molar refractivity (Wildman–Crippen MR) is 118 cm³/mol. The van der Waals surface area contributed by atoms with Crippen LogP contribution in [0.2, 0.25) is 0 Å². The van der Waals surface area contributed by atoms with Crippen LogP contribution in [-0.2, 0) is 4.79 Å². The molecule has 3 heteroatoms. The highest BCUT2D eigenvalue weighted by Gasteiger charge is 2.44. The number of aryl methyl sites for hydroxylation is 1. The normalized spacial score (nSPS) is 19.6. The molecule has 0 aromatic heterocycles. The van der Waals surface area contributed by atoms with Crippen molar-refractivity contribution in [3.63, 3.8) is 0 Å². The van der Waals surface area contributed by atoms with Crippen LogP contribution < -0.4 is 0 Å². The van der Waals surface area contributed by atoms with Gasteiger partial charge in [0, 0.05) is 11.8 Å². The Kier molecular flexibility index (Phi) is 4.94. The summed E-state index contributed by atoms with van der Waals surface area (Å²) in [4.78, 5) is 26.7. The second-order valence-electron chi connectivity index (χ2n) is 8.40. The fraction of sp³-hybridized carbons (Fsp3) is 0.385. The molecule has 2 aromatic rings. The van der Waals surface area contributed by atoms with Crippen molar-refractivity contribution >= 4 is 34.0 Å². The number of Topliss-reactive ketones (excluding diaryl/α,β-unsaturated/α-hetero) is 1. The molecule has 2 aromatic carbocycles. The molecular formula is C26H28O3. The van der Waals surface area contributed by atoms with Crippen LogP contribution in [0.3, 0.4) is 0 Å². The Bertz CT molecular complexity index is 1090. The molecule has 1 N–H and O–H groups in total. The Morgan fingerprint density at radius 2 is 1.86 bits per heavy atom. The zero-order valence-electron chi connectivity index (χ0n) is 17.5. The van der Waals surface area contributed by atoms with E-state index < -0.39 is 5.41 Å². The van der Waals surface area contributed by atoms with Gasteiger partial charge in [-0.3, -0.25) is 9.59 Å². The van der Waals surface area contributed by atoms with Crippen molar-refractivity contribution in [3.8, 4) is 5.75 Å². The molecule has 0 spiro atoms. The summed E-state index contributed by atoms with van der Waals surface area (Å²) < 4.78 is 0. The van der Waals surface area contributed by atoms with Gasteiger partial charge in [0.15, 0.2) is 5.78 Å². The maximum atomic E-state index is 13.5. The Morgan fingerprint density at radius 3 is 2.59 bits per heavy atom. The van der Waals surface area contributed by atoms with Crippen molar-refractivity contribution in [3.05, 3.63) is 52.6 Å². The number of ketones is 2. The molecule has 2 aliphatic carbocycles. The van der Waals surface area contributed by atoms with Crippen LogP contribution in [0.25, 0.3) is 22.4 Å². The zero-order valence-corrected chi connectivity index (χ0v) is 17.5. The second-order valence-corrected chi connectivity index (χ2v) is 8.40. The average Bonchev–Trinajstić information content (AvgIpc) is 2.72. The summed E-state index contributed by atoms with van der Waals surface area (Å²) in [6.07, 6.45) is 10.7. The lowest BCUT2D eigenvalue weighted by molar-refractivity contribution is -0.124. The molecule has 0 fully saturated rings. The minimum atomic E-state index is -0.750. The number of phenolic OH excluding ortho intramolecular Hbond substituents is 1. The van der Waals surface area contributed by atoms with Gasteiger partial charge in [-0.15, -0.1) is 0 Å². The first-order chi connectivity index (χ1) is 13.9. The number of rotatable bonds is 7. The highest BCUT2D eigenvalue weighted by Crippen LogP contribution is 2.53. The van der Waals surface area contributed by atoms with Gasteiger partial charge in [0.1, 0.15) is 11.5 Å². The molecule has 0 saturated carbocycles. The van der Waals surface area contributed by atoms with Gasteiger partial charge in [0.25, 0.3) is 0 Å². The largest absolute Gasteiger partial charge is 0.507 e. The standard InChI is InChI=1S/C26H28O3/c1-4-6-8-21(28)26(12-7-5-2)13-11-17-9-10-18-14-16(3)25(29)24-20(27)15-19(26)22(17)23(18)24/h9-11,13-15,29H,4-8,12H2,1-3H3. The molecule has 4 rings (SSSR count). The smallest absolute Gasteiger partial charge is 0.190 e. The van der Waals surface area contributed by atoms with Crippen molar-refractivity contribution in [2.75, 3.05) is 0 Å². The first-order valence-electron chi connectivity index (χ1n) is 10.7. The number of hydrogen-bond donors (Lipinski definition) is 1. The van der Waals surface area contributed by atoms with Gasteiger partial charge in [-0.2, -0.15) is 0 Å². The number of carbonyl (C=O) groups is 2. The summed E-state index contributed by atoms with van der Waals surface area (Å²) in [6, 6.07) is 5.98. The first-order valence-corrected chi connectivity index (χ1v) is 10.7. The molecule has 0 heterocycles. The molecule has 0 amide bonds. The summed E-state index contributed by atoms with van der Waals surface area (Å²) in [5, 5.41) is 12.4. The maximum Gasteiger partial charge on any atom is 0.190 e. The number of benzene rings is 2. The summed E-state index contributed by atoms with van der Waals surface area (Å²) in [5.41, 5.74) is 3.12. The lowest BCUT2D eigenvalue weighted by Gasteiger charge is -2.38. The zero-order chi connectivity index (χ0) is 20.8. The van der Waals surface area contributed by atoms with Crippen LogP contribution in [0, 0.1) is 12.3 Å². The van der Waals surface area contributed by atoms with Crippen molar-refractivity contribution in [1.29, 1.82) is 0 Å². The number of allylic oxidation sites excluding steroid dienone is 3. The van der Waals surface area contributed by atoms with Crippen molar-refractivity contribution in [1.82, 2.24) is 0 Å². The van der Waals surface area contributed by atoms with Crippen LogP contribution in [0.5, 0.6) is 5.75 Å². The van der Waals surface area contributed by atoms with E-state index in [4.69, 9.17) is 0 Å². The van der Waals surface area contributed by atoms with E-state index in [9.17, 15) is 14.7 Å².